The van der Waals surface area contributed by atoms with Gasteiger partial charge in [0.25, 0.3) is 0 Å². The number of nitrogens with one attached hydrogen (secondary N) is 7. The van der Waals surface area contributed by atoms with Crippen LogP contribution in [0.5, 0.6) is 0 Å². The van der Waals surface area contributed by atoms with E-state index in [1.807, 2.05) is 18.2 Å². The van der Waals surface area contributed by atoms with E-state index in [4.69, 9.17) is 11.5 Å². The van der Waals surface area contributed by atoms with Gasteiger partial charge in [-0.25, -0.2) is 4.79 Å². The number of amides is 7. The maximum Gasteiger partial charge on any atom is 0.326 e. The van der Waals surface area contributed by atoms with Gasteiger partial charge < -0.3 is 63.7 Å². The Hall–Kier alpha value is -6.09. The van der Waals surface area contributed by atoms with Crippen LogP contribution < -0.4 is 43.4 Å². The molecular weight excluding hydrogens is 798 g/mol. The standard InChI is InChI=1S/C40H61N9O12/c1-3-4-5-6-7-8-9-16-32(52)46-28(18-24-21-43-26-14-11-10-13-25(24)26)36(56)47-29(19-31(42)51)37(57)48-30(20-34(54)55)38(58)49-35(23(2)50)39(59)44-22-33(53)45-27(40(60)61)15-12-17-41/h10-11,13-14,21,23,27-30,35,43,50H,3-9,12,15-20,22,41H2,1-2H3,(H2,42,51)(H,44,59)(H,45,53)(H,46,52)(H,47,56)(H,48,57)(H,49,58)(H,54,55)(H,60,61). The van der Waals surface area contributed by atoms with Crippen LogP contribution in [0.3, 0.4) is 0 Å². The summed E-state index contributed by atoms with van der Waals surface area (Å²) in [4.78, 5) is 118. The molecule has 0 aliphatic carbocycles. The Balaban J connectivity index is 2.23. The number of nitrogens with two attached hydrogens (primary N) is 2. The number of hydrogen-bond acceptors (Lipinski definition) is 11. The largest absolute Gasteiger partial charge is 0.481 e. The van der Waals surface area contributed by atoms with E-state index in [1.54, 1.807) is 12.3 Å². The summed E-state index contributed by atoms with van der Waals surface area (Å²) in [6.45, 7) is 2.62. The first-order chi connectivity index (χ1) is 29.0. The molecule has 7 amide bonds. The highest BCUT2D eigenvalue weighted by molar-refractivity contribution is 5.99. The number of carboxylic acid groups (broad SMARTS) is 2. The van der Waals surface area contributed by atoms with Gasteiger partial charge in [-0.15, -0.1) is 0 Å². The number of aliphatic hydroxyl groups excluding tert-OH is 1. The topological polar surface area (TPSA) is 354 Å². The quantitative estimate of drug-likeness (QED) is 0.0418. The summed E-state index contributed by atoms with van der Waals surface area (Å²) in [6, 6.07) is -0.832. The predicted octanol–water partition coefficient (Wildman–Crippen LogP) is -1.05. The molecule has 0 radical (unpaired) electrons. The van der Waals surface area contributed by atoms with Gasteiger partial charge in [-0.2, -0.15) is 0 Å². The number of fused-ring (bicyclic) bond motifs is 1. The molecule has 2 aromatic rings. The average Bonchev–Trinajstić information content (AvgIpc) is 3.61. The van der Waals surface area contributed by atoms with Crippen molar-refractivity contribution in [2.45, 2.75) is 134 Å². The molecule has 0 saturated heterocycles. The van der Waals surface area contributed by atoms with Gasteiger partial charge in [0.1, 0.15) is 30.2 Å². The fourth-order valence-corrected chi connectivity index (χ4v) is 6.34. The minimum absolute atomic E-state index is 0.0139. The van der Waals surface area contributed by atoms with Gasteiger partial charge >= 0.3 is 11.9 Å². The van der Waals surface area contributed by atoms with E-state index in [9.17, 15) is 58.5 Å². The number of aliphatic hydroxyl groups is 1. The Kier molecular flexibility index (Phi) is 22.5. The number of aromatic amines is 1. The normalized spacial score (nSPS) is 14.0. The summed E-state index contributed by atoms with van der Waals surface area (Å²) in [5.41, 5.74) is 12.2. The van der Waals surface area contributed by atoms with Gasteiger partial charge in [0, 0.05) is 29.9 Å². The summed E-state index contributed by atoms with van der Waals surface area (Å²) in [7, 11) is 0. The number of benzene rings is 1. The average molecular weight is 860 g/mol. The van der Waals surface area contributed by atoms with E-state index >= 15 is 0 Å². The minimum atomic E-state index is -1.95. The first-order valence-electron chi connectivity index (χ1n) is 20.4. The molecule has 338 valence electrons. The number of para-hydroxylation sites is 1. The molecule has 1 aromatic heterocycles. The van der Waals surface area contributed by atoms with E-state index in [0.29, 0.717) is 12.0 Å². The molecule has 0 spiro atoms. The first-order valence-corrected chi connectivity index (χ1v) is 20.4. The maximum atomic E-state index is 13.9. The predicted molar refractivity (Wildman–Crippen MR) is 221 cm³/mol. The number of H-pyrrole nitrogens is 1. The third-order valence-electron chi connectivity index (χ3n) is 9.62. The fraction of sp³-hybridized carbons (Fsp3) is 0.575. The van der Waals surface area contributed by atoms with Crippen LogP contribution in [0.2, 0.25) is 0 Å². The summed E-state index contributed by atoms with van der Waals surface area (Å²) in [6.07, 6.45) is 5.29. The Bertz CT molecular complexity index is 1820. The molecule has 0 saturated carbocycles. The summed E-state index contributed by atoms with van der Waals surface area (Å²) in [5.74, 6) is -9.83. The van der Waals surface area contributed by atoms with Gasteiger partial charge in [0.05, 0.1) is 25.5 Å². The molecule has 21 heteroatoms. The Morgan fingerprint density at radius 2 is 1.30 bits per heavy atom. The lowest BCUT2D eigenvalue weighted by Gasteiger charge is -2.26. The van der Waals surface area contributed by atoms with Crippen LogP contribution in [-0.4, -0.2) is 123 Å². The first kappa shape index (κ1) is 51.1. The van der Waals surface area contributed by atoms with Gasteiger partial charge in [-0.3, -0.25) is 38.4 Å². The smallest absolute Gasteiger partial charge is 0.326 e. The number of aromatic nitrogens is 1. The minimum Gasteiger partial charge on any atom is -0.481 e. The monoisotopic (exact) mass is 859 g/mol. The lowest BCUT2D eigenvalue weighted by molar-refractivity contribution is -0.142. The maximum absolute atomic E-state index is 13.9. The molecule has 0 bridgehead atoms. The van der Waals surface area contributed by atoms with Crippen molar-refractivity contribution in [3.8, 4) is 0 Å². The van der Waals surface area contributed by atoms with Crippen molar-refractivity contribution < 1.29 is 58.5 Å². The zero-order valence-electron chi connectivity index (χ0n) is 34.6. The molecule has 0 aliphatic rings. The van der Waals surface area contributed by atoms with Crippen molar-refractivity contribution in [3.05, 3.63) is 36.0 Å². The molecule has 2 rings (SSSR count). The summed E-state index contributed by atoms with van der Waals surface area (Å²) >= 11 is 0. The third-order valence-corrected chi connectivity index (χ3v) is 9.62. The highest BCUT2D eigenvalue weighted by Crippen LogP contribution is 2.20. The number of hydrogen-bond donors (Lipinski definition) is 12. The van der Waals surface area contributed by atoms with Crippen molar-refractivity contribution in [3.63, 3.8) is 0 Å². The second-order valence-corrected chi connectivity index (χ2v) is 14.8. The van der Waals surface area contributed by atoms with Gasteiger partial charge in [0.2, 0.25) is 41.4 Å². The molecule has 1 heterocycles. The van der Waals surface area contributed by atoms with Crippen molar-refractivity contribution in [1.82, 2.24) is 36.9 Å². The molecule has 14 N–H and O–H groups in total. The Labute approximate surface area is 353 Å². The fourth-order valence-electron chi connectivity index (χ4n) is 6.34. The van der Waals surface area contributed by atoms with Crippen molar-refractivity contribution in [2.75, 3.05) is 13.1 Å². The second-order valence-electron chi connectivity index (χ2n) is 14.8. The molecule has 21 nitrogen and oxygen atoms in total. The van der Waals surface area contributed by atoms with Crippen molar-refractivity contribution in [1.29, 1.82) is 0 Å². The van der Waals surface area contributed by atoms with Crippen LogP contribution in [0.1, 0.15) is 96.5 Å². The van der Waals surface area contributed by atoms with Gasteiger partial charge in [0.15, 0.2) is 0 Å². The van der Waals surface area contributed by atoms with Crippen LogP contribution in [0.15, 0.2) is 30.5 Å². The van der Waals surface area contributed by atoms with E-state index < -0.39 is 109 Å². The number of carbonyl (C=O) groups excluding carboxylic acids is 7. The second kappa shape index (κ2) is 26.9. The number of primary amides is 1. The third kappa shape index (κ3) is 18.8. The number of carbonyl (C=O) groups is 9. The Morgan fingerprint density at radius 3 is 1.90 bits per heavy atom. The van der Waals surface area contributed by atoms with E-state index in [2.05, 4.69) is 43.8 Å². The molecule has 0 fully saturated rings. The number of unbranched alkanes of at least 4 members (excludes halogenated alkanes) is 6. The SMILES string of the molecule is CCCCCCCCCC(=O)NC(Cc1c[nH]c2ccccc12)C(=O)NC(CC(N)=O)C(=O)NC(CC(=O)O)C(=O)NC(C(=O)NCC(=O)NC(CCCN)C(=O)O)C(C)O. The van der Waals surface area contributed by atoms with Crippen LogP contribution in [-0.2, 0) is 49.6 Å². The van der Waals surface area contributed by atoms with E-state index in [1.165, 1.54) is 0 Å². The molecule has 61 heavy (non-hydrogen) atoms. The van der Waals surface area contributed by atoms with E-state index in [0.717, 1.165) is 56.4 Å². The van der Waals surface area contributed by atoms with Crippen molar-refractivity contribution in [2.24, 2.45) is 11.5 Å². The Morgan fingerprint density at radius 1 is 0.705 bits per heavy atom. The zero-order valence-corrected chi connectivity index (χ0v) is 34.6. The molecule has 1 aromatic carbocycles. The molecule has 0 aliphatic heterocycles. The number of aliphatic carboxylic acids is 2. The summed E-state index contributed by atoms with van der Waals surface area (Å²) < 4.78 is 0. The molecular formula is C40H61N9O12. The highest BCUT2D eigenvalue weighted by Gasteiger charge is 2.35. The molecule has 6 atom stereocenters. The van der Waals surface area contributed by atoms with Gasteiger partial charge in [-0.1, -0.05) is 63.6 Å². The van der Waals surface area contributed by atoms with E-state index in [-0.39, 0.29) is 32.2 Å². The number of rotatable bonds is 30. The van der Waals surface area contributed by atoms with Crippen LogP contribution in [0.4, 0.5) is 0 Å². The zero-order chi connectivity index (χ0) is 45.5. The summed E-state index contributed by atoms with van der Waals surface area (Å²) in [5, 5.41) is 43.7. The lowest BCUT2D eigenvalue weighted by atomic mass is 10.0. The lowest BCUT2D eigenvalue weighted by Crippen LogP contribution is -2.60. The van der Waals surface area contributed by atoms with Crippen LogP contribution >= 0.6 is 0 Å². The molecule has 6 unspecified atom stereocenters. The van der Waals surface area contributed by atoms with Crippen LogP contribution in [0, 0.1) is 0 Å². The van der Waals surface area contributed by atoms with Gasteiger partial charge in [-0.05, 0) is 44.4 Å². The highest BCUT2D eigenvalue weighted by atomic mass is 16.4. The number of carboxylic acids is 2. The van der Waals surface area contributed by atoms with Crippen molar-refractivity contribution >= 4 is 64.2 Å². The van der Waals surface area contributed by atoms with Crippen LogP contribution in [0.25, 0.3) is 10.9 Å².